The summed E-state index contributed by atoms with van der Waals surface area (Å²) in [7, 11) is 0. The molecule has 0 aliphatic carbocycles. The van der Waals surface area contributed by atoms with Gasteiger partial charge in [-0.3, -0.25) is 0 Å². The van der Waals surface area contributed by atoms with Gasteiger partial charge in [-0.2, -0.15) is 4.99 Å². The van der Waals surface area contributed by atoms with E-state index in [4.69, 9.17) is 0 Å². The van der Waals surface area contributed by atoms with Gasteiger partial charge in [0.15, 0.2) is 0 Å². The second-order valence-electron chi connectivity index (χ2n) is 6.67. The van der Waals surface area contributed by atoms with E-state index < -0.39 is 0 Å². The molecule has 0 bridgehead atoms. The van der Waals surface area contributed by atoms with E-state index in [1.54, 1.807) is 6.08 Å². The number of nitrogens with zero attached hydrogens (tertiary/aromatic N) is 2. The molecule has 1 heterocycles. The van der Waals surface area contributed by atoms with E-state index in [-0.39, 0.29) is 0 Å². The molecule has 4 aromatic carbocycles. The molecular weight excluding hydrogens is 344 g/mol. The highest BCUT2D eigenvalue weighted by atomic mass is 16.1. The zero-order valence-corrected chi connectivity index (χ0v) is 15.0. The number of aromatic nitrogens is 1. The molecule has 0 atom stereocenters. The van der Waals surface area contributed by atoms with E-state index in [2.05, 4.69) is 82.4 Å². The van der Waals surface area contributed by atoms with Crippen molar-refractivity contribution in [2.45, 2.75) is 0 Å². The van der Waals surface area contributed by atoms with Crippen LogP contribution in [0, 0.1) is 0 Å². The minimum Gasteiger partial charge on any atom is -0.309 e. The molecule has 0 spiro atoms. The van der Waals surface area contributed by atoms with Crippen molar-refractivity contribution >= 4 is 33.6 Å². The Morgan fingerprint density at radius 3 is 1.64 bits per heavy atom. The highest BCUT2D eigenvalue weighted by Crippen LogP contribution is 2.32. The maximum Gasteiger partial charge on any atom is 0.240 e. The fraction of sp³-hybridized carbons (Fsp3) is 0. The van der Waals surface area contributed by atoms with E-state index >= 15 is 0 Å². The SMILES string of the molecule is O=C=Nc1ccc(-c2ccc(-n3c4ccccc4c4ccccc43)cc2)cc1. The topological polar surface area (TPSA) is 34.4 Å². The number of aliphatic imine (C=N–C) groups is 1. The minimum absolute atomic E-state index is 0.612. The molecule has 3 heteroatoms. The molecule has 0 saturated carbocycles. The summed E-state index contributed by atoms with van der Waals surface area (Å²) in [6.07, 6.45) is 1.57. The van der Waals surface area contributed by atoms with Crippen LogP contribution in [0.3, 0.4) is 0 Å². The molecule has 0 aliphatic rings. The zero-order chi connectivity index (χ0) is 18.9. The molecule has 0 unspecified atom stereocenters. The third kappa shape index (κ3) is 2.62. The predicted octanol–water partition coefficient (Wildman–Crippen LogP) is 6.42. The summed E-state index contributed by atoms with van der Waals surface area (Å²) in [5.74, 6) is 0. The van der Waals surface area contributed by atoms with E-state index in [1.807, 2.05) is 24.3 Å². The lowest BCUT2D eigenvalue weighted by molar-refractivity contribution is 0.565. The Kier molecular flexibility index (Phi) is 3.86. The van der Waals surface area contributed by atoms with Crippen LogP contribution in [0.4, 0.5) is 5.69 Å². The molecule has 0 N–H and O–H groups in total. The normalized spacial score (nSPS) is 10.9. The van der Waals surface area contributed by atoms with Gasteiger partial charge in [0, 0.05) is 16.5 Å². The molecule has 0 fully saturated rings. The van der Waals surface area contributed by atoms with Crippen molar-refractivity contribution < 1.29 is 4.79 Å². The van der Waals surface area contributed by atoms with Crippen LogP contribution in [0.5, 0.6) is 0 Å². The van der Waals surface area contributed by atoms with E-state index in [1.165, 1.54) is 21.8 Å². The number of para-hydroxylation sites is 2. The lowest BCUT2D eigenvalue weighted by Crippen LogP contribution is -1.93. The Bertz CT molecular complexity index is 1290. The molecule has 0 amide bonds. The van der Waals surface area contributed by atoms with Gasteiger partial charge in [0.1, 0.15) is 0 Å². The first-order valence-corrected chi connectivity index (χ1v) is 9.12. The number of hydrogen-bond acceptors (Lipinski definition) is 2. The van der Waals surface area contributed by atoms with Crippen LogP contribution in [-0.4, -0.2) is 10.6 Å². The monoisotopic (exact) mass is 360 g/mol. The third-order valence-corrected chi connectivity index (χ3v) is 5.08. The zero-order valence-electron chi connectivity index (χ0n) is 15.0. The molecule has 28 heavy (non-hydrogen) atoms. The van der Waals surface area contributed by atoms with Crippen LogP contribution >= 0.6 is 0 Å². The van der Waals surface area contributed by atoms with E-state index in [0.717, 1.165) is 16.8 Å². The molecule has 0 radical (unpaired) electrons. The number of benzene rings is 4. The number of carbonyl (C=O) groups excluding carboxylic acids is 1. The Labute approximate surface area is 162 Å². The van der Waals surface area contributed by atoms with Gasteiger partial charge in [0.25, 0.3) is 0 Å². The molecule has 1 aromatic heterocycles. The quantitative estimate of drug-likeness (QED) is 0.270. The Hall–Kier alpha value is -3.94. The molecule has 5 aromatic rings. The number of hydrogen-bond donors (Lipinski definition) is 0. The predicted molar refractivity (Wildman–Crippen MR) is 114 cm³/mol. The van der Waals surface area contributed by atoms with Gasteiger partial charge in [-0.25, -0.2) is 4.79 Å². The molecule has 3 nitrogen and oxygen atoms in total. The Morgan fingerprint density at radius 2 is 1.11 bits per heavy atom. The van der Waals surface area contributed by atoms with Gasteiger partial charge in [-0.1, -0.05) is 60.7 Å². The van der Waals surface area contributed by atoms with Gasteiger partial charge >= 0.3 is 0 Å². The first-order chi connectivity index (χ1) is 13.8. The van der Waals surface area contributed by atoms with Crippen LogP contribution < -0.4 is 0 Å². The summed E-state index contributed by atoms with van der Waals surface area (Å²) in [6.45, 7) is 0. The van der Waals surface area contributed by atoms with Gasteiger partial charge < -0.3 is 4.57 Å². The Balaban J connectivity index is 1.62. The average molecular weight is 360 g/mol. The highest BCUT2D eigenvalue weighted by molar-refractivity contribution is 6.09. The largest absolute Gasteiger partial charge is 0.309 e. The number of fused-ring (bicyclic) bond motifs is 3. The first kappa shape index (κ1) is 16.2. The van der Waals surface area contributed by atoms with Crippen LogP contribution in [0.25, 0.3) is 38.6 Å². The molecular formula is C25H16N2O. The summed E-state index contributed by atoms with van der Waals surface area (Å²) < 4.78 is 2.30. The standard InChI is InChI=1S/C25H16N2O/c28-17-26-20-13-9-18(10-14-20)19-11-15-21(16-12-19)27-24-7-3-1-5-22(24)23-6-2-4-8-25(23)27/h1-16H. The molecule has 5 rings (SSSR count). The van der Waals surface area contributed by atoms with Crippen LogP contribution in [0.15, 0.2) is 102 Å². The van der Waals surface area contributed by atoms with Crippen molar-refractivity contribution in [1.82, 2.24) is 4.57 Å². The molecule has 0 saturated heterocycles. The second kappa shape index (κ2) is 6.66. The van der Waals surface area contributed by atoms with Gasteiger partial charge in [0.05, 0.1) is 16.7 Å². The maximum atomic E-state index is 10.4. The van der Waals surface area contributed by atoms with E-state index in [9.17, 15) is 4.79 Å². The highest BCUT2D eigenvalue weighted by Gasteiger charge is 2.11. The second-order valence-corrected chi connectivity index (χ2v) is 6.67. The summed E-state index contributed by atoms with van der Waals surface area (Å²) in [6, 6.07) is 33.1. The minimum atomic E-state index is 0.612. The van der Waals surface area contributed by atoms with E-state index in [0.29, 0.717) is 5.69 Å². The summed E-state index contributed by atoms with van der Waals surface area (Å²) in [4.78, 5) is 14.0. The lowest BCUT2D eigenvalue weighted by Gasteiger charge is -2.09. The summed E-state index contributed by atoms with van der Waals surface area (Å²) in [5.41, 5.74) is 6.34. The maximum absolute atomic E-state index is 10.4. The number of isocyanates is 1. The van der Waals surface area contributed by atoms with Crippen LogP contribution in [0.1, 0.15) is 0 Å². The first-order valence-electron chi connectivity index (χ1n) is 9.12. The van der Waals surface area contributed by atoms with Crippen molar-refractivity contribution in [3.63, 3.8) is 0 Å². The Morgan fingerprint density at radius 1 is 0.607 bits per heavy atom. The molecule has 132 valence electrons. The van der Waals surface area contributed by atoms with Crippen molar-refractivity contribution in [2.75, 3.05) is 0 Å². The van der Waals surface area contributed by atoms with Crippen molar-refractivity contribution in [2.24, 2.45) is 4.99 Å². The fourth-order valence-electron chi connectivity index (χ4n) is 3.78. The van der Waals surface area contributed by atoms with Gasteiger partial charge in [-0.15, -0.1) is 0 Å². The summed E-state index contributed by atoms with van der Waals surface area (Å²) >= 11 is 0. The molecule has 0 aliphatic heterocycles. The lowest BCUT2D eigenvalue weighted by atomic mass is 10.0. The fourth-order valence-corrected chi connectivity index (χ4v) is 3.78. The smallest absolute Gasteiger partial charge is 0.240 e. The summed E-state index contributed by atoms with van der Waals surface area (Å²) in [5, 5.41) is 2.52. The van der Waals surface area contributed by atoms with Gasteiger partial charge in [-0.05, 0) is 47.5 Å². The van der Waals surface area contributed by atoms with Gasteiger partial charge in [0.2, 0.25) is 6.08 Å². The van der Waals surface area contributed by atoms with Crippen LogP contribution in [0.2, 0.25) is 0 Å². The average Bonchev–Trinajstić information content (AvgIpc) is 3.09. The number of rotatable bonds is 3. The van der Waals surface area contributed by atoms with Crippen molar-refractivity contribution in [1.29, 1.82) is 0 Å². The van der Waals surface area contributed by atoms with Crippen LogP contribution in [-0.2, 0) is 4.79 Å². The third-order valence-electron chi connectivity index (χ3n) is 5.08. The van der Waals surface area contributed by atoms with Crippen molar-refractivity contribution in [3.05, 3.63) is 97.1 Å². The van der Waals surface area contributed by atoms with Crippen molar-refractivity contribution in [3.8, 4) is 16.8 Å².